The first-order chi connectivity index (χ1) is 9.65. The summed E-state index contributed by atoms with van der Waals surface area (Å²) in [5.41, 5.74) is 0.902. The molecule has 0 aromatic heterocycles. The van der Waals surface area contributed by atoms with Crippen LogP contribution >= 0.6 is 0 Å². The van der Waals surface area contributed by atoms with Crippen LogP contribution in [0.2, 0.25) is 0 Å². The van der Waals surface area contributed by atoms with Crippen molar-refractivity contribution in [3.8, 4) is 6.07 Å². The van der Waals surface area contributed by atoms with Gasteiger partial charge >= 0.3 is 0 Å². The van der Waals surface area contributed by atoms with Crippen LogP contribution in [0.4, 0.5) is 10.1 Å². The molecule has 1 heterocycles. The van der Waals surface area contributed by atoms with Gasteiger partial charge in [0.25, 0.3) is 0 Å². The molecule has 1 fully saturated rings. The molecule has 1 saturated heterocycles. The van der Waals surface area contributed by atoms with Gasteiger partial charge in [-0.3, -0.25) is 4.90 Å². The molecule has 1 N–H and O–H groups in total. The first-order valence-electron chi connectivity index (χ1n) is 6.95. The Kier molecular flexibility index (Phi) is 4.94. The number of nitrogens with zero attached hydrogens (tertiary/aromatic N) is 3. The summed E-state index contributed by atoms with van der Waals surface area (Å²) < 4.78 is 14.0. The number of nitriles is 1. The van der Waals surface area contributed by atoms with E-state index in [2.05, 4.69) is 4.90 Å². The predicted octanol–water partition coefficient (Wildman–Crippen LogP) is 1.59. The second-order valence-corrected chi connectivity index (χ2v) is 5.19. The van der Waals surface area contributed by atoms with Crippen molar-refractivity contribution >= 4 is 5.69 Å². The van der Waals surface area contributed by atoms with Crippen molar-refractivity contribution in [2.75, 3.05) is 37.7 Å². The quantitative estimate of drug-likeness (QED) is 0.911. The molecule has 0 radical (unpaired) electrons. The number of hydrogen-bond acceptors (Lipinski definition) is 4. The zero-order chi connectivity index (χ0) is 14.5. The number of halogens is 1. The number of anilines is 1. The first-order valence-corrected chi connectivity index (χ1v) is 6.95. The maximum atomic E-state index is 14.0. The maximum absolute atomic E-state index is 14.0. The highest BCUT2D eigenvalue weighted by molar-refractivity contribution is 5.51. The summed E-state index contributed by atoms with van der Waals surface area (Å²) in [5.74, 6) is -0.340. The van der Waals surface area contributed by atoms with Gasteiger partial charge in [0.05, 0.1) is 23.9 Å². The molecule has 2 rings (SSSR count). The zero-order valence-electron chi connectivity index (χ0n) is 11.7. The summed E-state index contributed by atoms with van der Waals surface area (Å²) in [6, 6.07) is 6.70. The second kappa shape index (κ2) is 6.69. The molecule has 0 amide bonds. The van der Waals surface area contributed by atoms with Gasteiger partial charge in [-0.15, -0.1) is 0 Å². The van der Waals surface area contributed by atoms with Crippen LogP contribution in [0.1, 0.15) is 18.9 Å². The van der Waals surface area contributed by atoms with Crippen molar-refractivity contribution in [2.24, 2.45) is 0 Å². The lowest BCUT2D eigenvalue weighted by molar-refractivity contribution is 0.141. The normalized spacial score (nSPS) is 18.4. The lowest BCUT2D eigenvalue weighted by atomic mass is 10.2. The minimum atomic E-state index is -0.340. The smallest absolute Gasteiger partial charge is 0.147 e. The Balaban J connectivity index is 2.09. The van der Waals surface area contributed by atoms with Gasteiger partial charge in [-0.05, 0) is 31.5 Å². The standard InChI is InChI=1S/C15H20FN3O/c1-12(11-20)18-5-2-6-19(8-7-18)15-4-3-13(10-17)9-14(15)16/h3-4,9,12,20H,2,5-8,11H2,1H3. The largest absolute Gasteiger partial charge is 0.395 e. The highest BCUT2D eigenvalue weighted by Gasteiger charge is 2.20. The summed E-state index contributed by atoms with van der Waals surface area (Å²) in [5, 5.41) is 18.0. The van der Waals surface area contributed by atoms with E-state index in [1.54, 1.807) is 12.1 Å². The van der Waals surface area contributed by atoms with Crippen molar-refractivity contribution < 1.29 is 9.50 Å². The van der Waals surface area contributed by atoms with Crippen LogP contribution in [0.5, 0.6) is 0 Å². The highest BCUT2D eigenvalue weighted by atomic mass is 19.1. The van der Waals surface area contributed by atoms with E-state index in [0.717, 1.165) is 32.6 Å². The molecule has 20 heavy (non-hydrogen) atoms. The van der Waals surface area contributed by atoms with Gasteiger partial charge < -0.3 is 10.0 Å². The summed E-state index contributed by atoms with van der Waals surface area (Å²) >= 11 is 0. The summed E-state index contributed by atoms with van der Waals surface area (Å²) in [7, 11) is 0. The van der Waals surface area contributed by atoms with E-state index in [1.807, 2.05) is 17.9 Å². The van der Waals surface area contributed by atoms with Crippen LogP contribution in [-0.4, -0.2) is 48.8 Å². The molecule has 1 aromatic rings. The maximum Gasteiger partial charge on any atom is 0.147 e. The molecule has 1 unspecified atom stereocenters. The third kappa shape index (κ3) is 3.27. The van der Waals surface area contributed by atoms with Gasteiger partial charge in [0.15, 0.2) is 0 Å². The van der Waals surface area contributed by atoms with E-state index in [0.29, 0.717) is 11.3 Å². The molecule has 1 aliphatic heterocycles. The molecule has 1 aliphatic rings. The van der Waals surface area contributed by atoms with Crippen molar-refractivity contribution in [1.82, 2.24) is 4.90 Å². The minimum Gasteiger partial charge on any atom is -0.395 e. The van der Waals surface area contributed by atoms with Crippen LogP contribution in [0, 0.1) is 17.1 Å². The number of aliphatic hydroxyl groups excluding tert-OH is 1. The van der Waals surface area contributed by atoms with Gasteiger partial charge in [-0.25, -0.2) is 4.39 Å². The summed E-state index contributed by atoms with van der Waals surface area (Å²) in [6.07, 6.45) is 0.934. The average Bonchev–Trinajstić information content (AvgIpc) is 2.72. The number of rotatable bonds is 3. The Labute approximate surface area is 119 Å². The van der Waals surface area contributed by atoms with Crippen LogP contribution in [0.3, 0.4) is 0 Å². The molecule has 0 aliphatic carbocycles. The monoisotopic (exact) mass is 277 g/mol. The first kappa shape index (κ1) is 14.8. The Bertz CT molecular complexity index is 500. The van der Waals surface area contributed by atoms with E-state index in [9.17, 15) is 9.50 Å². The second-order valence-electron chi connectivity index (χ2n) is 5.19. The third-order valence-corrected chi connectivity index (χ3v) is 3.84. The van der Waals surface area contributed by atoms with E-state index >= 15 is 0 Å². The molecule has 4 nitrogen and oxygen atoms in total. The van der Waals surface area contributed by atoms with E-state index in [1.165, 1.54) is 6.07 Å². The Morgan fingerprint density at radius 2 is 2.15 bits per heavy atom. The van der Waals surface area contributed by atoms with Gasteiger partial charge in [-0.2, -0.15) is 5.26 Å². The fraction of sp³-hybridized carbons (Fsp3) is 0.533. The Hall–Kier alpha value is -1.64. The van der Waals surface area contributed by atoms with Gasteiger partial charge in [0.2, 0.25) is 0 Å². The third-order valence-electron chi connectivity index (χ3n) is 3.84. The predicted molar refractivity (Wildman–Crippen MR) is 76.1 cm³/mol. The van der Waals surface area contributed by atoms with Gasteiger partial charge in [0.1, 0.15) is 5.82 Å². The van der Waals surface area contributed by atoms with Crippen LogP contribution < -0.4 is 4.90 Å². The Morgan fingerprint density at radius 1 is 1.35 bits per heavy atom. The molecule has 0 bridgehead atoms. The summed E-state index contributed by atoms with van der Waals surface area (Å²) in [4.78, 5) is 4.24. The zero-order valence-corrected chi connectivity index (χ0v) is 11.7. The molecule has 1 atom stereocenters. The fourth-order valence-electron chi connectivity index (χ4n) is 2.57. The van der Waals surface area contributed by atoms with Crippen LogP contribution in [0.15, 0.2) is 18.2 Å². The van der Waals surface area contributed by atoms with Crippen LogP contribution in [0.25, 0.3) is 0 Å². The molecule has 1 aromatic carbocycles. The molecule has 0 saturated carbocycles. The van der Waals surface area contributed by atoms with E-state index < -0.39 is 0 Å². The number of aliphatic hydroxyl groups is 1. The van der Waals surface area contributed by atoms with Gasteiger partial charge in [-0.1, -0.05) is 0 Å². The average molecular weight is 277 g/mol. The van der Waals surface area contributed by atoms with Crippen molar-refractivity contribution in [1.29, 1.82) is 5.26 Å². The van der Waals surface area contributed by atoms with Crippen molar-refractivity contribution in [3.05, 3.63) is 29.6 Å². The van der Waals surface area contributed by atoms with E-state index in [-0.39, 0.29) is 18.5 Å². The van der Waals surface area contributed by atoms with Crippen LogP contribution in [-0.2, 0) is 0 Å². The van der Waals surface area contributed by atoms with E-state index in [4.69, 9.17) is 5.26 Å². The molecule has 0 spiro atoms. The SMILES string of the molecule is CC(CO)N1CCCN(c2ccc(C#N)cc2F)CC1. The molecular weight excluding hydrogens is 257 g/mol. The number of benzene rings is 1. The minimum absolute atomic E-state index is 0.140. The molecule has 5 heteroatoms. The molecular formula is C15H20FN3O. The van der Waals surface area contributed by atoms with Gasteiger partial charge in [0, 0.05) is 32.2 Å². The lowest BCUT2D eigenvalue weighted by Crippen LogP contribution is -2.38. The highest BCUT2D eigenvalue weighted by Crippen LogP contribution is 2.22. The lowest BCUT2D eigenvalue weighted by Gasteiger charge is -2.27. The van der Waals surface area contributed by atoms with Crippen molar-refractivity contribution in [2.45, 2.75) is 19.4 Å². The van der Waals surface area contributed by atoms with Crippen molar-refractivity contribution in [3.63, 3.8) is 0 Å². The Morgan fingerprint density at radius 3 is 2.80 bits per heavy atom. The topological polar surface area (TPSA) is 50.5 Å². The summed E-state index contributed by atoms with van der Waals surface area (Å²) in [6.45, 7) is 5.38. The fourth-order valence-corrected chi connectivity index (χ4v) is 2.57. The molecule has 108 valence electrons. The number of hydrogen-bond donors (Lipinski definition) is 1.